The fourth-order valence-corrected chi connectivity index (χ4v) is 2.40. The van der Waals surface area contributed by atoms with E-state index >= 15 is 0 Å². The Kier molecular flexibility index (Phi) is 2.77. The molecule has 0 aromatic carbocycles. The molecule has 80 valence electrons. The Balaban J connectivity index is 1.67. The van der Waals surface area contributed by atoms with Gasteiger partial charge in [-0.3, -0.25) is 4.79 Å². The minimum absolute atomic E-state index is 0.197. The van der Waals surface area contributed by atoms with Crippen molar-refractivity contribution in [3.8, 4) is 0 Å². The summed E-state index contributed by atoms with van der Waals surface area (Å²) >= 11 is 0. The van der Waals surface area contributed by atoms with Crippen molar-refractivity contribution >= 4 is 5.91 Å². The molecule has 0 aromatic rings. The third kappa shape index (κ3) is 2.08. The van der Waals surface area contributed by atoms with Gasteiger partial charge in [0, 0.05) is 25.0 Å². The summed E-state index contributed by atoms with van der Waals surface area (Å²) in [6.45, 7) is 5.41. The van der Waals surface area contributed by atoms with Crippen molar-refractivity contribution in [2.45, 2.75) is 45.2 Å². The topological polar surface area (TPSA) is 41.1 Å². The molecule has 0 aromatic heterocycles. The first-order chi connectivity index (χ1) is 6.65. The zero-order valence-electron chi connectivity index (χ0n) is 9.05. The minimum Gasteiger partial charge on any atom is -0.354 e. The normalized spacial score (nSPS) is 37.1. The highest BCUT2D eigenvalue weighted by molar-refractivity contribution is 5.78. The molecular weight excluding hydrogens is 176 g/mol. The Hall–Kier alpha value is -0.570. The Labute approximate surface area is 85.6 Å². The molecule has 1 amide bonds. The number of amides is 1. The molecule has 1 aliphatic heterocycles. The van der Waals surface area contributed by atoms with Crippen molar-refractivity contribution in [3.05, 3.63) is 0 Å². The first-order valence-electron chi connectivity index (χ1n) is 5.68. The predicted octanol–water partition coefficient (Wildman–Crippen LogP) is 0.899. The summed E-state index contributed by atoms with van der Waals surface area (Å²) in [5, 5.41) is 6.40. The molecule has 1 saturated heterocycles. The van der Waals surface area contributed by atoms with Gasteiger partial charge in [0.15, 0.2) is 0 Å². The zero-order chi connectivity index (χ0) is 10.1. The molecule has 1 saturated carbocycles. The van der Waals surface area contributed by atoms with E-state index in [1.807, 2.05) is 0 Å². The van der Waals surface area contributed by atoms with Crippen LogP contribution in [0.4, 0.5) is 0 Å². The summed E-state index contributed by atoms with van der Waals surface area (Å²) in [6, 6.07) is 1.06. The van der Waals surface area contributed by atoms with Crippen LogP contribution in [0.1, 0.15) is 33.1 Å². The van der Waals surface area contributed by atoms with Gasteiger partial charge in [-0.25, -0.2) is 0 Å². The molecular formula is C11H20N2O. The molecule has 3 nitrogen and oxygen atoms in total. The molecule has 3 heteroatoms. The third-order valence-electron chi connectivity index (χ3n) is 3.57. The lowest BCUT2D eigenvalue weighted by molar-refractivity contribution is -0.119. The second-order valence-corrected chi connectivity index (χ2v) is 5.04. The number of hydrogen-bond donors (Lipinski definition) is 2. The van der Waals surface area contributed by atoms with Gasteiger partial charge in [0.1, 0.15) is 0 Å². The SMILES string of the molecule is CC(C)C1CC(NC2CNC(=O)C2)C1. The summed E-state index contributed by atoms with van der Waals surface area (Å²) in [7, 11) is 0. The van der Waals surface area contributed by atoms with E-state index < -0.39 is 0 Å². The Morgan fingerprint density at radius 1 is 1.36 bits per heavy atom. The smallest absolute Gasteiger partial charge is 0.221 e. The second kappa shape index (κ2) is 3.89. The van der Waals surface area contributed by atoms with Gasteiger partial charge in [-0.05, 0) is 24.7 Å². The Bertz CT molecular complexity index is 221. The van der Waals surface area contributed by atoms with Crippen LogP contribution in [-0.4, -0.2) is 24.5 Å². The highest BCUT2D eigenvalue weighted by Crippen LogP contribution is 2.33. The molecule has 2 rings (SSSR count). The van der Waals surface area contributed by atoms with Crippen molar-refractivity contribution < 1.29 is 4.79 Å². The van der Waals surface area contributed by atoms with Crippen LogP contribution in [0.3, 0.4) is 0 Å². The monoisotopic (exact) mass is 196 g/mol. The molecule has 0 spiro atoms. The summed E-state index contributed by atoms with van der Waals surface area (Å²) in [5.74, 6) is 1.91. The summed E-state index contributed by atoms with van der Waals surface area (Å²) < 4.78 is 0. The fourth-order valence-electron chi connectivity index (χ4n) is 2.40. The highest BCUT2D eigenvalue weighted by atomic mass is 16.1. The van der Waals surface area contributed by atoms with Crippen molar-refractivity contribution in [1.82, 2.24) is 10.6 Å². The lowest BCUT2D eigenvalue weighted by Crippen LogP contribution is -2.48. The molecule has 0 radical (unpaired) electrons. The summed E-state index contributed by atoms with van der Waals surface area (Å²) in [6.07, 6.45) is 3.26. The first-order valence-corrected chi connectivity index (χ1v) is 5.68. The van der Waals surface area contributed by atoms with Crippen LogP contribution in [0.2, 0.25) is 0 Å². The average Bonchev–Trinajstić information content (AvgIpc) is 2.42. The molecule has 1 aliphatic carbocycles. The van der Waals surface area contributed by atoms with Crippen LogP contribution < -0.4 is 10.6 Å². The number of hydrogen-bond acceptors (Lipinski definition) is 2. The van der Waals surface area contributed by atoms with E-state index in [0.717, 1.165) is 18.4 Å². The number of carbonyl (C=O) groups excluding carboxylic acids is 1. The number of rotatable bonds is 3. The molecule has 1 unspecified atom stereocenters. The van der Waals surface area contributed by atoms with Crippen molar-refractivity contribution in [2.24, 2.45) is 11.8 Å². The van der Waals surface area contributed by atoms with E-state index in [-0.39, 0.29) is 5.91 Å². The van der Waals surface area contributed by atoms with Crippen molar-refractivity contribution in [3.63, 3.8) is 0 Å². The van der Waals surface area contributed by atoms with Gasteiger partial charge in [0.25, 0.3) is 0 Å². The van der Waals surface area contributed by atoms with E-state index in [9.17, 15) is 4.79 Å². The second-order valence-electron chi connectivity index (χ2n) is 5.04. The van der Waals surface area contributed by atoms with Crippen LogP contribution in [0.5, 0.6) is 0 Å². The largest absolute Gasteiger partial charge is 0.354 e. The van der Waals surface area contributed by atoms with Crippen LogP contribution in [0.15, 0.2) is 0 Å². The molecule has 1 heterocycles. The van der Waals surface area contributed by atoms with Gasteiger partial charge in [0.05, 0.1) is 0 Å². The molecule has 1 atom stereocenters. The van der Waals surface area contributed by atoms with Crippen LogP contribution in [0.25, 0.3) is 0 Å². The van der Waals surface area contributed by atoms with Crippen molar-refractivity contribution in [2.75, 3.05) is 6.54 Å². The van der Waals surface area contributed by atoms with Crippen LogP contribution >= 0.6 is 0 Å². The van der Waals surface area contributed by atoms with Gasteiger partial charge < -0.3 is 10.6 Å². The summed E-state index contributed by atoms with van der Waals surface area (Å²) in [5.41, 5.74) is 0. The maximum atomic E-state index is 11.0. The molecule has 2 aliphatic rings. The Morgan fingerprint density at radius 2 is 2.07 bits per heavy atom. The predicted molar refractivity (Wildman–Crippen MR) is 55.9 cm³/mol. The summed E-state index contributed by atoms with van der Waals surface area (Å²) in [4.78, 5) is 11.0. The lowest BCUT2D eigenvalue weighted by Gasteiger charge is -2.39. The average molecular weight is 196 g/mol. The maximum Gasteiger partial charge on any atom is 0.221 e. The molecule has 2 N–H and O–H groups in total. The molecule has 0 bridgehead atoms. The van der Waals surface area contributed by atoms with E-state index in [0.29, 0.717) is 18.5 Å². The van der Waals surface area contributed by atoms with Gasteiger partial charge in [0.2, 0.25) is 5.91 Å². The number of carbonyl (C=O) groups is 1. The molecule has 14 heavy (non-hydrogen) atoms. The van der Waals surface area contributed by atoms with Gasteiger partial charge in [-0.15, -0.1) is 0 Å². The number of nitrogens with one attached hydrogen (secondary N) is 2. The first kappa shape index (κ1) is 9.97. The van der Waals surface area contributed by atoms with E-state index in [1.54, 1.807) is 0 Å². The van der Waals surface area contributed by atoms with E-state index in [1.165, 1.54) is 12.8 Å². The van der Waals surface area contributed by atoms with E-state index in [2.05, 4.69) is 24.5 Å². The highest BCUT2D eigenvalue weighted by Gasteiger charge is 2.33. The standard InChI is InChI=1S/C11H20N2O/c1-7(2)8-3-9(4-8)13-10-5-11(14)12-6-10/h7-10,13H,3-6H2,1-2H3,(H,12,14). The fraction of sp³-hybridized carbons (Fsp3) is 0.909. The van der Waals surface area contributed by atoms with Gasteiger partial charge in [-0.1, -0.05) is 13.8 Å². The lowest BCUT2D eigenvalue weighted by atomic mass is 9.73. The minimum atomic E-state index is 0.197. The van der Waals surface area contributed by atoms with Gasteiger partial charge >= 0.3 is 0 Å². The van der Waals surface area contributed by atoms with E-state index in [4.69, 9.17) is 0 Å². The van der Waals surface area contributed by atoms with Crippen LogP contribution in [0, 0.1) is 11.8 Å². The Morgan fingerprint density at radius 3 is 2.57 bits per heavy atom. The maximum absolute atomic E-state index is 11.0. The van der Waals surface area contributed by atoms with Crippen molar-refractivity contribution in [1.29, 1.82) is 0 Å². The third-order valence-corrected chi connectivity index (χ3v) is 3.57. The quantitative estimate of drug-likeness (QED) is 0.704. The van der Waals surface area contributed by atoms with Crippen LogP contribution in [-0.2, 0) is 4.79 Å². The molecule has 2 fully saturated rings. The van der Waals surface area contributed by atoms with Gasteiger partial charge in [-0.2, -0.15) is 0 Å². The zero-order valence-corrected chi connectivity index (χ0v) is 9.05.